The Hall–Kier alpha value is -3.34. The molecule has 1 aliphatic rings. The molecule has 1 fully saturated rings. The van der Waals surface area contributed by atoms with Crippen LogP contribution in [0.4, 0.5) is 22.0 Å². The highest BCUT2D eigenvalue weighted by atomic mass is 19.4. The van der Waals surface area contributed by atoms with Gasteiger partial charge in [-0.05, 0) is 74.2 Å². The van der Waals surface area contributed by atoms with Gasteiger partial charge < -0.3 is 19.4 Å². The normalized spacial score (nSPS) is 17.0. The summed E-state index contributed by atoms with van der Waals surface area (Å²) in [5, 5.41) is 0.453. The highest BCUT2D eigenvalue weighted by molar-refractivity contribution is 5.98. The summed E-state index contributed by atoms with van der Waals surface area (Å²) in [4.78, 5) is 20.3. The maximum Gasteiger partial charge on any atom is 0.573 e. The van der Waals surface area contributed by atoms with Crippen LogP contribution >= 0.6 is 0 Å². The molecule has 2 aromatic carbocycles. The van der Waals surface area contributed by atoms with Gasteiger partial charge in [-0.15, -0.1) is 13.2 Å². The molecule has 2 heterocycles. The average molecular weight is 540 g/mol. The van der Waals surface area contributed by atoms with E-state index in [4.69, 9.17) is 0 Å². The van der Waals surface area contributed by atoms with E-state index in [1.165, 1.54) is 30.3 Å². The summed E-state index contributed by atoms with van der Waals surface area (Å²) in [6.07, 6.45) is -6.10. The molecule has 0 radical (unpaired) electrons. The lowest BCUT2D eigenvalue weighted by Gasteiger charge is -2.35. The number of H-pyrrole nitrogens is 1. The van der Waals surface area contributed by atoms with Crippen LogP contribution < -0.4 is 9.47 Å². The predicted octanol–water partition coefficient (Wildman–Crippen LogP) is 6.43. The van der Waals surface area contributed by atoms with Gasteiger partial charge in [-0.2, -0.15) is 8.78 Å². The number of ether oxygens (including phenoxy) is 2. The van der Waals surface area contributed by atoms with E-state index in [-0.39, 0.29) is 23.3 Å². The van der Waals surface area contributed by atoms with Crippen molar-refractivity contribution in [3.05, 3.63) is 59.8 Å². The minimum absolute atomic E-state index is 0.107. The van der Waals surface area contributed by atoms with Crippen LogP contribution in [0.5, 0.6) is 11.5 Å². The second kappa shape index (κ2) is 11.2. The number of alkyl halides is 5. The first kappa shape index (κ1) is 27.7. The number of carbonyl (C=O) groups is 1. The number of nitrogens with one attached hydrogen (secondary N) is 1. The molecule has 0 aliphatic carbocycles. The molecule has 1 unspecified atom stereocenters. The van der Waals surface area contributed by atoms with Crippen molar-refractivity contribution in [2.24, 2.45) is 5.92 Å². The zero-order valence-electron chi connectivity index (χ0n) is 21.2. The van der Waals surface area contributed by atoms with E-state index in [1.807, 2.05) is 6.92 Å². The van der Waals surface area contributed by atoms with Crippen molar-refractivity contribution in [1.82, 2.24) is 14.8 Å². The largest absolute Gasteiger partial charge is 0.573 e. The van der Waals surface area contributed by atoms with Crippen molar-refractivity contribution >= 4 is 16.8 Å². The Morgan fingerprint density at radius 1 is 1.05 bits per heavy atom. The van der Waals surface area contributed by atoms with Crippen molar-refractivity contribution in [1.29, 1.82) is 0 Å². The summed E-state index contributed by atoms with van der Waals surface area (Å²) in [5.74, 6) is -0.216. The minimum Gasteiger partial charge on any atom is -0.433 e. The first-order chi connectivity index (χ1) is 17.9. The van der Waals surface area contributed by atoms with Crippen molar-refractivity contribution in [2.45, 2.75) is 45.7 Å². The summed E-state index contributed by atoms with van der Waals surface area (Å²) >= 11 is 0. The molecule has 1 aliphatic heterocycles. The number of piperidine rings is 1. The van der Waals surface area contributed by atoms with Gasteiger partial charge in [-0.1, -0.05) is 12.1 Å². The van der Waals surface area contributed by atoms with E-state index < -0.39 is 12.5 Å². The van der Waals surface area contributed by atoms with E-state index in [0.29, 0.717) is 43.2 Å². The van der Waals surface area contributed by atoms with Crippen LogP contribution in [0.2, 0.25) is 0 Å². The number of amides is 1. The zero-order valence-corrected chi connectivity index (χ0v) is 21.2. The summed E-state index contributed by atoms with van der Waals surface area (Å²) < 4.78 is 72.3. The number of aromatic amines is 1. The van der Waals surface area contributed by atoms with Crippen LogP contribution in [0.15, 0.2) is 48.5 Å². The Bertz CT molecular complexity index is 1240. The molecule has 11 heteroatoms. The lowest BCUT2D eigenvalue weighted by Crippen LogP contribution is -2.42. The van der Waals surface area contributed by atoms with E-state index in [9.17, 15) is 26.7 Å². The SMILES string of the molecule is CCN(CC1CCCN(Cc2ccc(OC(C)(F)F)cc2)C1)C(=O)c1cc2cc(OC(F)(F)F)ccc2[nH]1. The monoisotopic (exact) mass is 539 g/mol. The smallest absolute Gasteiger partial charge is 0.433 e. The van der Waals surface area contributed by atoms with Gasteiger partial charge in [0.1, 0.15) is 17.2 Å². The molecule has 0 saturated carbocycles. The third-order valence-corrected chi connectivity index (χ3v) is 6.43. The molecular weight excluding hydrogens is 509 g/mol. The molecule has 38 heavy (non-hydrogen) atoms. The van der Waals surface area contributed by atoms with Crippen LogP contribution in [0, 0.1) is 5.92 Å². The van der Waals surface area contributed by atoms with Crippen LogP contribution in [-0.2, 0) is 6.54 Å². The molecule has 0 spiro atoms. The van der Waals surface area contributed by atoms with Crippen LogP contribution in [-0.4, -0.2) is 59.3 Å². The first-order valence-electron chi connectivity index (χ1n) is 12.4. The standard InChI is InChI=1S/C27H30F5N3O3/c1-3-35(25(36)24-14-20-13-22(38-27(30,31)32)10-11-23(20)33-24)17-19-5-4-12-34(16-19)15-18-6-8-21(9-7-18)37-26(2,28)29/h6-11,13-14,19,33H,3-5,12,15-17H2,1-2H3. The lowest BCUT2D eigenvalue weighted by atomic mass is 9.96. The average Bonchev–Trinajstić information content (AvgIpc) is 3.25. The van der Waals surface area contributed by atoms with Gasteiger partial charge >= 0.3 is 12.5 Å². The fourth-order valence-electron chi connectivity index (χ4n) is 4.83. The van der Waals surface area contributed by atoms with Crippen molar-refractivity contribution in [3.8, 4) is 11.5 Å². The maximum absolute atomic E-state index is 13.2. The topological polar surface area (TPSA) is 57.8 Å². The second-order valence-corrected chi connectivity index (χ2v) is 9.62. The molecule has 1 aromatic heterocycles. The van der Waals surface area contributed by atoms with Crippen LogP contribution in [0.3, 0.4) is 0 Å². The molecule has 4 rings (SSSR count). The molecule has 3 aromatic rings. The number of aromatic nitrogens is 1. The van der Waals surface area contributed by atoms with Gasteiger partial charge in [0.15, 0.2) is 0 Å². The molecule has 1 saturated heterocycles. The molecule has 6 nitrogen and oxygen atoms in total. The minimum atomic E-state index is -4.79. The number of benzene rings is 2. The number of hydrogen-bond acceptors (Lipinski definition) is 4. The third kappa shape index (κ3) is 7.59. The van der Waals surface area contributed by atoms with Gasteiger partial charge in [0.2, 0.25) is 0 Å². The number of nitrogens with zero attached hydrogens (tertiary/aromatic N) is 2. The van der Waals surface area contributed by atoms with Gasteiger partial charge in [0.05, 0.1) is 0 Å². The fourth-order valence-corrected chi connectivity index (χ4v) is 4.83. The highest BCUT2D eigenvalue weighted by Crippen LogP contribution is 2.28. The number of halogens is 5. The third-order valence-electron chi connectivity index (χ3n) is 6.43. The molecule has 1 N–H and O–H groups in total. The molecule has 206 valence electrons. The van der Waals surface area contributed by atoms with Gasteiger partial charge in [-0.3, -0.25) is 9.69 Å². The van der Waals surface area contributed by atoms with Gasteiger partial charge in [0.25, 0.3) is 5.91 Å². The van der Waals surface area contributed by atoms with Crippen LogP contribution in [0.25, 0.3) is 10.9 Å². The Balaban J connectivity index is 1.36. The summed E-state index contributed by atoms with van der Waals surface area (Å²) in [6.45, 7) is 5.94. The fraction of sp³-hybridized carbons (Fsp3) is 0.444. The van der Waals surface area contributed by atoms with E-state index >= 15 is 0 Å². The van der Waals surface area contributed by atoms with Crippen molar-refractivity contribution < 1.29 is 36.2 Å². The maximum atomic E-state index is 13.2. The Kier molecular flexibility index (Phi) is 8.15. The molecular formula is C27H30F5N3O3. The zero-order chi connectivity index (χ0) is 27.5. The number of hydrogen-bond donors (Lipinski definition) is 1. The van der Waals surface area contributed by atoms with Crippen molar-refractivity contribution in [2.75, 3.05) is 26.2 Å². The number of likely N-dealkylation sites (tertiary alicyclic amines) is 1. The Morgan fingerprint density at radius 2 is 1.76 bits per heavy atom. The molecule has 1 amide bonds. The number of carbonyl (C=O) groups excluding carboxylic acids is 1. The quantitative estimate of drug-likeness (QED) is 0.319. The summed E-state index contributed by atoms with van der Waals surface area (Å²) in [5.41, 5.74) is 1.83. The Labute approximate surface area is 217 Å². The molecule has 1 atom stereocenters. The predicted molar refractivity (Wildman–Crippen MR) is 132 cm³/mol. The first-order valence-corrected chi connectivity index (χ1v) is 12.4. The lowest BCUT2D eigenvalue weighted by molar-refractivity contribution is -0.274. The van der Waals surface area contributed by atoms with Crippen LogP contribution in [0.1, 0.15) is 42.7 Å². The second-order valence-electron chi connectivity index (χ2n) is 9.62. The van der Waals surface area contributed by atoms with E-state index in [0.717, 1.165) is 31.5 Å². The number of fused-ring (bicyclic) bond motifs is 1. The van der Waals surface area contributed by atoms with E-state index in [2.05, 4.69) is 19.4 Å². The number of rotatable bonds is 9. The van der Waals surface area contributed by atoms with Gasteiger partial charge in [-0.25, -0.2) is 0 Å². The van der Waals surface area contributed by atoms with Gasteiger partial charge in [0, 0.05) is 44.0 Å². The molecule has 0 bridgehead atoms. The highest BCUT2D eigenvalue weighted by Gasteiger charge is 2.31. The summed E-state index contributed by atoms with van der Waals surface area (Å²) in [7, 11) is 0. The summed E-state index contributed by atoms with van der Waals surface area (Å²) in [6, 6.07) is 12.1. The Morgan fingerprint density at radius 3 is 2.42 bits per heavy atom. The van der Waals surface area contributed by atoms with E-state index in [1.54, 1.807) is 23.1 Å². The van der Waals surface area contributed by atoms with Crippen molar-refractivity contribution in [3.63, 3.8) is 0 Å².